The van der Waals surface area contributed by atoms with Crippen LogP contribution in [0.2, 0.25) is 0 Å². The smallest absolute Gasteiger partial charge is 0.230 e. The van der Waals surface area contributed by atoms with Crippen LogP contribution in [0.25, 0.3) is 0 Å². The molecule has 1 heterocycles. The second-order valence-electron chi connectivity index (χ2n) is 5.99. The molecule has 25 heavy (non-hydrogen) atoms. The number of benzene rings is 2. The molecule has 0 saturated carbocycles. The average molecular weight is 337 g/mol. The Hall–Kier alpha value is -3.20. The van der Waals surface area contributed by atoms with E-state index in [2.05, 4.69) is 5.32 Å². The molecular weight excluding hydrogens is 321 g/mol. The number of carbonyl (C=O) groups is 2. The minimum Gasteiger partial charge on any atom is -0.338 e. The normalized spacial score (nSPS) is 19.6. The van der Waals surface area contributed by atoms with Gasteiger partial charge in [0.25, 0.3) is 0 Å². The Morgan fingerprint density at radius 3 is 2.44 bits per heavy atom. The van der Waals surface area contributed by atoms with Crippen molar-refractivity contribution in [2.75, 3.05) is 12.4 Å². The zero-order valence-electron chi connectivity index (χ0n) is 13.6. The van der Waals surface area contributed by atoms with Crippen molar-refractivity contribution in [1.82, 2.24) is 4.90 Å². The first-order valence-corrected chi connectivity index (χ1v) is 7.82. The fourth-order valence-corrected chi connectivity index (χ4v) is 3.08. The predicted molar refractivity (Wildman–Crippen MR) is 89.8 cm³/mol. The summed E-state index contributed by atoms with van der Waals surface area (Å²) in [5.41, 5.74) is 1.77. The molecule has 1 N–H and O–H groups in total. The van der Waals surface area contributed by atoms with Crippen LogP contribution in [0.5, 0.6) is 0 Å². The first-order chi connectivity index (χ1) is 12.0. The van der Waals surface area contributed by atoms with Crippen molar-refractivity contribution in [2.45, 2.75) is 12.5 Å². The number of nitrogens with zero attached hydrogens (tertiary/aromatic N) is 2. The van der Waals surface area contributed by atoms with Crippen LogP contribution in [-0.4, -0.2) is 23.8 Å². The Morgan fingerprint density at radius 1 is 1.20 bits per heavy atom. The third-order valence-corrected chi connectivity index (χ3v) is 4.42. The lowest BCUT2D eigenvalue weighted by Crippen LogP contribution is -2.30. The van der Waals surface area contributed by atoms with Crippen LogP contribution in [0.1, 0.15) is 23.6 Å². The molecule has 1 aliphatic heterocycles. The van der Waals surface area contributed by atoms with Gasteiger partial charge in [0.1, 0.15) is 5.82 Å². The maximum absolute atomic E-state index is 13.2. The van der Waals surface area contributed by atoms with E-state index in [-0.39, 0.29) is 24.1 Å². The number of nitrogens with one attached hydrogen (secondary N) is 1. The van der Waals surface area contributed by atoms with Crippen molar-refractivity contribution in [3.05, 3.63) is 65.5 Å². The maximum atomic E-state index is 13.2. The lowest BCUT2D eigenvalue weighted by Gasteiger charge is -2.25. The largest absolute Gasteiger partial charge is 0.338 e. The van der Waals surface area contributed by atoms with Gasteiger partial charge in [-0.3, -0.25) is 9.59 Å². The van der Waals surface area contributed by atoms with Crippen LogP contribution in [-0.2, 0) is 9.59 Å². The zero-order chi connectivity index (χ0) is 18.0. The molecule has 0 unspecified atom stereocenters. The van der Waals surface area contributed by atoms with E-state index in [0.717, 1.165) is 5.56 Å². The Morgan fingerprint density at radius 2 is 1.84 bits per heavy atom. The molecular formula is C19H16FN3O2. The van der Waals surface area contributed by atoms with Gasteiger partial charge in [0.05, 0.1) is 23.6 Å². The third-order valence-electron chi connectivity index (χ3n) is 4.42. The van der Waals surface area contributed by atoms with Gasteiger partial charge in [-0.05, 0) is 42.0 Å². The van der Waals surface area contributed by atoms with Crippen LogP contribution in [0.15, 0.2) is 48.5 Å². The summed E-state index contributed by atoms with van der Waals surface area (Å²) in [5.74, 6) is -1.35. The number of hydrogen-bond acceptors (Lipinski definition) is 3. The minimum atomic E-state index is -0.571. The Bertz CT molecular complexity index is 840. The summed E-state index contributed by atoms with van der Waals surface area (Å²) in [6.07, 6.45) is 0.0979. The summed E-state index contributed by atoms with van der Waals surface area (Å²) in [4.78, 5) is 26.3. The van der Waals surface area contributed by atoms with Gasteiger partial charge in [-0.2, -0.15) is 5.26 Å². The third kappa shape index (κ3) is 3.36. The van der Waals surface area contributed by atoms with Crippen molar-refractivity contribution in [1.29, 1.82) is 5.26 Å². The summed E-state index contributed by atoms with van der Waals surface area (Å²) in [7, 11) is 1.64. The fourth-order valence-electron chi connectivity index (χ4n) is 3.08. The molecule has 0 aliphatic carbocycles. The van der Waals surface area contributed by atoms with E-state index in [4.69, 9.17) is 5.26 Å². The van der Waals surface area contributed by atoms with Gasteiger partial charge in [-0.1, -0.05) is 12.1 Å². The van der Waals surface area contributed by atoms with Crippen molar-refractivity contribution in [3.63, 3.8) is 0 Å². The molecule has 1 saturated heterocycles. The summed E-state index contributed by atoms with van der Waals surface area (Å²) in [6.45, 7) is 0. The number of carbonyl (C=O) groups excluding carboxylic acids is 2. The quantitative estimate of drug-likeness (QED) is 0.936. The highest BCUT2D eigenvalue weighted by molar-refractivity contribution is 5.97. The number of halogens is 1. The minimum absolute atomic E-state index is 0.0979. The van der Waals surface area contributed by atoms with E-state index < -0.39 is 12.0 Å². The number of anilines is 1. The molecule has 5 nitrogen and oxygen atoms in total. The Kier molecular flexibility index (Phi) is 4.48. The molecule has 3 rings (SSSR count). The van der Waals surface area contributed by atoms with Gasteiger partial charge in [0.15, 0.2) is 0 Å². The number of rotatable bonds is 3. The van der Waals surface area contributed by atoms with Gasteiger partial charge in [-0.15, -0.1) is 0 Å². The molecule has 0 spiro atoms. The van der Waals surface area contributed by atoms with Gasteiger partial charge in [0.2, 0.25) is 11.8 Å². The first kappa shape index (κ1) is 16.7. The molecule has 1 fully saturated rings. The van der Waals surface area contributed by atoms with E-state index in [1.54, 1.807) is 43.4 Å². The first-order valence-electron chi connectivity index (χ1n) is 7.82. The van der Waals surface area contributed by atoms with Crippen molar-refractivity contribution in [2.24, 2.45) is 5.92 Å². The fraction of sp³-hybridized carbons (Fsp3) is 0.211. The Labute approximate surface area is 144 Å². The summed E-state index contributed by atoms with van der Waals surface area (Å²) >= 11 is 0. The highest BCUT2D eigenvalue weighted by atomic mass is 19.1. The molecule has 2 aromatic carbocycles. The average Bonchev–Trinajstić information content (AvgIpc) is 2.92. The lowest BCUT2D eigenvalue weighted by molar-refractivity contribution is -0.127. The van der Waals surface area contributed by atoms with Crippen molar-refractivity contribution >= 4 is 17.5 Å². The topological polar surface area (TPSA) is 73.2 Å². The van der Waals surface area contributed by atoms with Gasteiger partial charge < -0.3 is 10.2 Å². The van der Waals surface area contributed by atoms with E-state index in [9.17, 15) is 14.0 Å². The van der Waals surface area contributed by atoms with Crippen LogP contribution in [0.4, 0.5) is 10.1 Å². The van der Waals surface area contributed by atoms with Gasteiger partial charge in [-0.25, -0.2) is 4.39 Å². The number of nitriles is 1. The van der Waals surface area contributed by atoms with Gasteiger partial charge in [0, 0.05) is 19.2 Å². The second-order valence-corrected chi connectivity index (χ2v) is 5.99. The van der Waals surface area contributed by atoms with Crippen LogP contribution in [0.3, 0.4) is 0 Å². The number of amides is 2. The van der Waals surface area contributed by atoms with E-state index in [0.29, 0.717) is 11.3 Å². The van der Waals surface area contributed by atoms with Crippen molar-refractivity contribution in [3.8, 4) is 6.07 Å². The maximum Gasteiger partial charge on any atom is 0.230 e. The molecule has 0 radical (unpaired) electrons. The van der Waals surface area contributed by atoms with E-state index >= 15 is 0 Å². The molecule has 6 heteroatoms. The molecule has 2 aromatic rings. The molecule has 2 amide bonds. The molecule has 0 aromatic heterocycles. The SMILES string of the molecule is CN1C(=O)C[C@H](C(=O)Nc2ccc(C#N)cc2)[C@@H]1c1ccc(F)cc1. The molecule has 126 valence electrons. The number of likely N-dealkylation sites (tertiary alicyclic amines) is 1. The highest BCUT2D eigenvalue weighted by Crippen LogP contribution is 2.37. The highest BCUT2D eigenvalue weighted by Gasteiger charge is 2.42. The zero-order valence-corrected chi connectivity index (χ0v) is 13.6. The van der Waals surface area contributed by atoms with E-state index in [1.807, 2.05) is 6.07 Å². The van der Waals surface area contributed by atoms with Crippen LogP contribution < -0.4 is 5.32 Å². The lowest BCUT2D eigenvalue weighted by atomic mass is 9.93. The predicted octanol–water partition coefficient (Wildman–Crippen LogP) is 2.86. The summed E-state index contributed by atoms with van der Waals surface area (Å²) in [6, 6.07) is 13.9. The summed E-state index contributed by atoms with van der Waals surface area (Å²) < 4.78 is 13.2. The monoisotopic (exact) mass is 337 g/mol. The van der Waals surface area contributed by atoms with Crippen molar-refractivity contribution < 1.29 is 14.0 Å². The second kappa shape index (κ2) is 6.73. The Balaban J connectivity index is 1.82. The van der Waals surface area contributed by atoms with E-state index in [1.165, 1.54) is 17.0 Å². The molecule has 0 bridgehead atoms. The summed E-state index contributed by atoms with van der Waals surface area (Å²) in [5, 5.41) is 11.6. The molecule has 1 aliphatic rings. The molecule has 2 atom stereocenters. The number of hydrogen-bond donors (Lipinski definition) is 1. The van der Waals surface area contributed by atoms with Crippen LogP contribution in [0, 0.1) is 23.1 Å². The van der Waals surface area contributed by atoms with Gasteiger partial charge >= 0.3 is 0 Å². The van der Waals surface area contributed by atoms with Crippen LogP contribution >= 0.6 is 0 Å². The standard InChI is InChI=1S/C19H16FN3O2/c1-23-17(24)10-16(18(23)13-4-6-14(20)7-5-13)19(25)22-15-8-2-12(11-21)3-9-15/h2-9,16,18H,10H2,1H3,(H,22,25)/t16-,18-/m0/s1.